The third kappa shape index (κ3) is 5.72. The van der Waals surface area contributed by atoms with Crippen LogP contribution in [0.15, 0.2) is 54.6 Å². The Morgan fingerprint density at radius 1 is 1.03 bits per heavy atom. The zero-order valence-electron chi connectivity index (χ0n) is 21.1. The zero-order valence-corrected chi connectivity index (χ0v) is 21.1. The molecule has 0 radical (unpaired) electrons. The second kappa shape index (κ2) is 12.1. The number of ether oxygens (including phenoxy) is 2. The number of benzene rings is 2. The van der Waals surface area contributed by atoms with Crippen LogP contribution in [0.3, 0.4) is 0 Å². The molecule has 2 aromatic rings. The molecule has 3 atom stereocenters. The number of hydrogen-bond donors (Lipinski definition) is 0. The molecular formula is C30H35N3O3. The second-order valence-corrected chi connectivity index (χ2v) is 9.99. The maximum Gasteiger partial charge on any atom is 0.302 e. The van der Waals surface area contributed by atoms with Gasteiger partial charge in [-0.3, -0.25) is 4.79 Å². The molecule has 0 amide bonds. The number of carbonyl (C=O) groups excluding carboxylic acids is 1. The topological polar surface area (TPSA) is 86.3 Å². The number of esters is 1. The van der Waals surface area contributed by atoms with Crippen LogP contribution in [0.2, 0.25) is 0 Å². The highest BCUT2D eigenvalue weighted by Gasteiger charge is 2.53. The smallest absolute Gasteiger partial charge is 0.302 e. The summed E-state index contributed by atoms with van der Waals surface area (Å²) in [5.41, 5.74) is 1.04. The Labute approximate surface area is 214 Å². The fraction of sp³-hybridized carbons (Fsp3) is 0.500. The van der Waals surface area contributed by atoms with Gasteiger partial charge in [0.2, 0.25) is 0 Å². The maximum absolute atomic E-state index is 11.8. The van der Waals surface area contributed by atoms with Crippen LogP contribution >= 0.6 is 0 Å². The van der Waals surface area contributed by atoms with E-state index in [1.807, 2.05) is 30.3 Å². The first-order chi connectivity index (χ1) is 17.6. The molecule has 4 rings (SSSR count). The molecule has 0 spiro atoms. The molecule has 1 saturated carbocycles. The quantitative estimate of drug-likeness (QED) is 0.357. The first-order valence-electron chi connectivity index (χ1n) is 13.1. The van der Waals surface area contributed by atoms with Gasteiger partial charge in [-0.2, -0.15) is 10.5 Å². The van der Waals surface area contributed by atoms with Crippen LogP contribution in [0.4, 0.5) is 0 Å². The van der Waals surface area contributed by atoms with Crippen LogP contribution < -0.4 is 4.74 Å². The Kier molecular flexibility index (Phi) is 8.62. The summed E-state index contributed by atoms with van der Waals surface area (Å²) < 4.78 is 11.6. The Balaban J connectivity index is 1.38. The summed E-state index contributed by atoms with van der Waals surface area (Å²) in [6.45, 7) is 4.94. The maximum atomic E-state index is 11.8. The van der Waals surface area contributed by atoms with Crippen molar-refractivity contribution in [2.45, 2.75) is 57.0 Å². The number of hydrogen-bond acceptors (Lipinski definition) is 6. The van der Waals surface area contributed by atoms with Crippen molar-refractivity contribution in [1.29, 1.82) is 10.5 Å². The third-order valence-corrected chi connectivity index (χ3v) is 7.89. The fourth-order valence-corrected chi connectivity index (χ4v) is 6.22. The monoisotopic (exact) mass is 485 g/mol. The second-order valence-electron chi connectivity index (χ2n) is 9.99. The van der Waals surface area contributed by atoms with Crippen molar-refractivity contribution in [3.8, 4) is 17.9 Å². The SMILES string of the molecule is CC(=O)O[C@H]1CCC[C@@H]1[C@](C#N)(c1ccccc1)C1CCN(CCCOc2ccc(C#N)cc2)CC1. The summed E-state index contributed by atoms with van der Waals surface area (Å²) >= 11 is 0. The van der Waals surface area contributed by atoms with Gasteiger partial charge in [0.15, 0.2) is 0 Å². The number of nitrogens with zero attached hydrogens (tertiary/aromatic N) is 3. The standard InChI is InChI=1S/C30H35N3O3/c1-23(34)36-29-10-5-9-28(29)30(22-32,25-7-3-2-4-8-25)26-15-18-33(19-16-26)17-6-20-35-27-13-11-24(21-31)12-14-27/h2-4,7-8,11-14,26,28-29H,5-6,9-10,15-20H2,1H3/t28-,29-,30+/m0/s1. The van der Waals surface area contributed by atoms with Gasteiger partial charge in [0.1, 0.15) is 11.9 Å². The largest absolute Gasteiger partial charge is 0.494 e. The molecule has 1 aliphatic carbocycles. The van der Waals surface area contributed by atoms with Gasteiger partial charge in [0.05, 0.1) is 29.7 Å². The van der Waals surface area contributed by atoms with Crippen LogP contribution in [-0.4, -0.2) is 43.2 Å². The lowest BCUT2D eigenvalue weighted by Gasteiger charge is -2.45. The minimum absolute atomic E-state index is 0.0196. The molecule has 1 heterocycles. The molecule has 2 aromatic carbocycles. The molecule has 1 saturated heterocycles. The highest BCUT2D eigenvalue weighted by molar-refractivity contribution is 5.66. The van der Waals surface area contributed by atoms with E-state index in [9.17, 15) is 10.1 Å². The Morgan fingerprint density at radius 2 is 1.75 bits per heavy atom. The average molecular weight is 486 g/mol. The molecule has 6 nitrogen and oxygen atoms in total. The van der Waals surface area contributed by atoms with Crippen LogP contribution in [0.25, 0.3) is 0 Å². The number of rotatable bonds is 9. The lowest BCUT2D eigenvalue weighted by Crippen LogP contribution is -2.49. The average Bonchev–Trinajstić information content (AvgIpc) is 3.37. The van der Waals surface area contributed by atoms with Crippen LogP contribution in [0.5, 0.6) is 5.75 Å². The fourth-order valence-electron chi connectivity index (χ4n) is 6.22. The van der Waals surface area contributed by atoms with E-state index in [4.69, 9.17) is 14.7 Å². The summed E-state index contributed by atoms with van der Waals surface area (Å²) in [4.78, 5) is 14.3. The number of piperidine rings is 1. The summed E-state index contributed by atoms with van der Waals surface area (Å²) in [6.07, 6.45) is 5.34. The summed E-state index contributed by atoms with van der Waals surface area (Å²) in [5.74, 6) is 0.765. The minimum atomic E-state index is -0.650. The zero-order chi connectivity index (χ0) is 25.4. The van der Waals surface area contributed by atoms with Crippen molar-refractivity contribution in [2.24, 2.45) is 11.8 Å². The molecule has 0 unspecified atom stereocenters. The Hall–Kier alpha value is -3.35. The number of nitriles is 2. The predicted molar refractivity (Wildman–Crippen MR) is 137 cm³/mol. The van der Waals surface area contributed by atoms with Gasteiger partial charge in [0, 0.05) is 19.4 Å². The summed E-state index contributed by atoms with van der Waals surface area (Å²) in [5, 5.41) is 19.6. The highest BCUT2D eigenvalue weighted by atomic mass is 16.5. The van der Waals surface area contributed by atoms with Crippen molar-refractivity contribution < 1.29 is 14.3 Å². The molecule has 0 aromatic heterocycles. The van der Waals surface area contributed by atoms with E-state index in [0.29, 0.717) is 12.2 Å². The summed E-state index contributed by atoms with van der Waals surface area (Å²) in [7, 11) is 0. The molecule has 188 valence electrons. The molecule has 6 heteroatoms. The third-order valence-electron chi connectivity index (χ3n) is 7.89. The van der Waals surface area contributed by atoms with Crippen LogP contribution in [0.1, 0.15) is 56.6 Å². The van der Waals surface area contributed by atoms with Crippen molar-refractivity contribution >= 4 is 5.97 Å². The van der Waals surface area contributed by atoms with Gasteiger partial charge in [-0.05, 0) is 87.4 Å². The van der Waals surface area contributed by atoms with Crippen LogP contribution in [0, 0.1) is 34.5 Å². The van der Waals surface area contributed by atoms with Crippen molar-refractivity contribution in [2.75, 3.05) is 26.2 Å². The number of carbonyl (C=O) groups is 1. The van der Waals surface area contributed by atoms with Gasteiger partial charge in [-0.1, -0.05) is 30.3 Å². The minimum Gasteiger partial charge on any atom is -0.494 e. The lowest BCUT2D eigenvalue weighted by molar-refractivity contribution is -0.149. The molecule has 2 aliphatic rings. The normalized spacial score (nSPS) is 22.2. The molecule has 0 N–H and O–H groups in total. The van der Waals surface area contributed by atoms with E-state index in [0.717, 1.165) is 69.5 Å². The van der Waals surface area contributed by atoms with Crippen molar-refractivity contribution in [3.63, 3.8) is 0 Å². The van der Waals surface area contributed by atoms with E-state index in [-0.39, 0.29) is 23.9 Å². The van der Waals surface area contributed by atoms with Gasteiger partial charge in [0.25, 0.3) is 0 Å². The predicted octanol–water partition coefficient (Wildman–Crippen LogP) is 5.23. The highest BCUT2D eigenvalue weighted by Crippen LogP contribution is 2.50. The molecule has 2 fully saturated rings. The first kappa shape index (κ1) is 25.7. The van der Waals surface area contributed by atoms with Gasteiger partial charge < -0.3 is 14.4 Å². The van der Waals surface area contributed by atoms with E-state index < -0.39 is 5.41 Å². The van der Waals surface area contributed by atoms with E-state index in [1.165, 1.54) is 6.92 Å². The number of likely N-dealkylation sites (tertiary alicyclic amines) is 1. The van der Waals surface area contributed by atoms with Crippen molar-refractivity contribution in [1.82, 2.24) is 4.90 Å². The van der Waals surface area contributed by atoms with Crippen LogP contribution in [-0.2, 0) is 14.9 Å². The molecule has 0 bridgehead atoms. The lowest BCUT2D eigenvalue weighted by atomic mass is 9.59. The van der Waals surface area contributed by atoms with Gasteiger partial charge in [-0.25, -0.2) is 0 Å². The molecule has 1 aliphatic heterocycles. The van der Waals surface area contributed by atoms with Crippen molar-refractivity contribution in [3.05, 3.63) is 65.7 Å². The molecule has 36 heavy (non-hydrogen) atoms. The first-order valence-corrected chi connectivity index (χ1v) is 13.1. The molecular weight excluding hydrogens is 450 g/mol. The van der Waals surface area contributed by atoms with E-state index in [1.54, 1.807) is 12.1 Å². The van der Waals surface area contributed by atoms with E-state index in [2.05, 4.69) is 29.2 Å². The van der Waals surface area contributed by atoms with Gasteiger partial charge in [-0.15, -0.1) is 0 Å². The van der Waals surface area contributed by atoms with Gasteiger partial charge >= 0.3 is 5.97 Å². The Morgan fingerprint density at radius 3 is 2.39 bits per heavy atom. The summed E-state index contributed by atoms with van der Waals surface area (Å²) in [6, 6.07) is 22.3. The Bertz CT molecular complexity index is 1080. The van der Waals surface area contributed by atoms with E-state index >= 15 is 0 Å².